The summed E-state index contributed by atoms with van der Waals surface area (Å²) in [6.45, 7) is 7.02. The molecule has 0 aliphatic carbocycles. The van der Waals surface area contributed by atoms with Crippen LogP contribution in [0.3, 0.4) is 0 Å². The van der Waals surface area contributed by atoms with Gasteiger partial charge in [-0.1, -0.05) is 44.8 Å². The van der Waals surface area contributed by atoms with Gasteiger partial charge < -0.3 is 5.32 Å². The molecular formula is C17H18Br2FN. The first kappa shape index (κ1) is 16.7. The van der Waals surface area contributed by atoms with E-state index in [2.05, 4.69) is 70.1 Å². The smallest absolute Gasteiger partial charge is 0.124 e. The summed E-state index contributed by atoms with van der Waals surface area (Å²) in [6.07, 6.45) is 0. The van der Waals surface area contributed by atoms with E-state index in [0.717, 1.165) is 21.1 Å². The van der Waals surface area contributed by atoms with Crippen molar-refractivity contribution in [2.75, 3.05) is 6.54 Å². The molecule has 21 heavy (non-hydrogen) atoms. The van der Waals surface area contributed by atoms with Crippen LogP contribution in [0.25, 0.3) is 0 Å². The molecule has 2 aromatic carbocycles. The van der Waals surface area contributed by atoms with Gasteiger partial charge in [-0.15, -0.1) is 0 Å². The van der Waals surface area contributed by atoms with Gasteiger partial charge in [0.1, 0.15) is 5.82 Å². The van der Waals surface area contributed by atoms with Crippen LogP contribution < -0.4 is 5.32 Å². The van der Waals surface area contributed by atoms with Crippen LogP contribution >= 0.6 is 31.9 Å². The summed E-state index contributed by atoms with van der Waals surface area (Å²) in [7, 11) is 0. The molecule has 1 nitrogen and oxygen atoms in total. The number of hydrogen-bond acceptors (Lipinski definition) is 1. The molecule has 2 aromatic rings. The van der Waals surface area contributed by atoms with Gasteiger partial charge in [0.25, 0.3) is 0 Å². The first-order valence-corrected chi connectivity index (χ1v) is 8.47. The molecule has 0 fully saturated rings. The molecule has 0 bridgehead atoms. The number of rotatable bonds is 4. The summed E-state index contributed by atoms with van der Waals surface area (Å²) in [5.41, 5.74) is 4.45. The van der Waals surface area contributed by atoms with Crippen molar-refractivity contribution in [3.05, 3.63) is 67.3 Å². The van der Waals surface area contributed by atoms with E-state index in [1.807, 2.05) is 6.07 Å². The predicted molar refractivity (Wildman–Crippen MR) is 93.2 cm³/mol. The molecule has 1 atom stereocenters. The summed E-state index contributed by atoms with van der Waals surface area (Å²) in [5, 5.41) is 3.45. The molecule has 0 aliphatic heterocycles. The Morgan fingerprint density at radius 2 is 1.76 bits per heavy atom. The Morgan fingerprint density at radius 3 is 2.38 bits per heavy atom. The highest BCUT2D eigenvalue weighted by molar-refractivity contribution is 9.10. The topological polar surface area (TPSA) is 12.0 Å². The van der Waals surface area contributed by atoms with Crippen LogP contribution in [0, 0.1) is 19.7 Å². The number of nitrogens with one attached hydrogen (secondary N) is 1. The Labute approximate surface area is 142 Å². The Balaban J connectivity index is 2.55. The zero-order chi connectivity index (χ0) is 15.6. The fourth-order valence-corrected chi connectivity index (χ4v) is 3.41. The van der Waals surface area contributed by atoms with Crippen LogP contribution in [-0.4, -0.2) is 6.54 Å². The third-order valence-corrected chi connectivity index (χ3v) is 4.80. The van der Waals surface area contributed by atoms with E-state index < -0.39 is 0 Å². The highest BCUT2D eigenvalue weighted by Crippen LogP contribution is 2.31. The Bertz CT molecular complexity index is 635. The van der Waals surface area contributed by atoms with Gasteiger partial charge >= 0.3 is 0 Å². The number of hydrogen-bond donors (Lipinski definition) is 1. The van der Waals surface area contributed by atoms with Gasteiger partial charge in [-0.05, 0) is 66.9 Å². The van der Waals surface area contributed by atoms with Gasteiger partial charge in [-0.3, -0.25) is 0 Å². The zero-order valence-electron chi connectivity index (χ0n) is 12.3. The first-order chi connectivity index (χ1) is 9.92. The van der Waals surface area contributed by atoms with E-state index in [1.54, 1.807) is 6.07 Å². The second kappa shape index (κ2) is 7.03. The second-order valence-corrected chi connectivity index (χ2v) is 6.92. The molecule has 0 saturated carbocycles. The van der Waals surface area contributed by atoms with E-state index in [0.29, 0.717) is 0 Å². The van der Waals surface area contributed by atoms with Gasteiger partial charge in [0, 0.05) is 8.95 Å². The predicted octanol–water partition coefficient (Wildman–Crippen LogP) is 5.67. The number of halogens is 3. The normalized spacial score (nSPS) is 12.5. The van der Waals surface area contributed by atoms with Gasteiger partial charge in [-0.2, -0.15) is 0 Å². The minimum atomic E-state index is -0.228. The van der Waals surface area contributed by atoms with Crippen LogP contribution in [-0.2, 0) is 0 Å². The van der Waals surface area contributed by atoms with Crippen LogP contribution in [0.5, 0.6) is 0 Å². The summed E-state index contributed by atoms with van der Waals surface area (Å²) in [6, 6.07) is 9.29. The maximum absolute atomic E-state index is 13.7. The summed E-state index contributed by atoms with van der Waals surface area (Å²) < 4.78 is 15.6. The van der Waals surface area contributed by atoms with E-state index in [-0.39, 0.29) is 11.9 Å². The third-order valence-electron chi connectivity index (χ3n) is 3.48. The van der Waals surface area contributed by atoms with E-state index in [9.17, 15) is 4.39 Å². The van der Waals surface area contributed by atoms with Crippen molar-refractivity contribution in [2.45, 2.75) is 26.8 Å². The largest absolute Gasteiger partial charge is 0.307 e. The quantitative estimate of drug-likeness (QED) is 0.679. The van der Waals surface area contributed by atoms with Crippen LogP contribution in [0.2, 0.25) is 0 Å². The molecule has 0 spiro atoms. The Hall–Kier alpha value is -0.710. The third kappa shape index (κ3) is 3.93. The standard InChI is InChI=1S/C17H18Br2FN/c1-4-21-17(12-7-13(18)9-14(20)8-12)15-5-11(3)16(19)6-10(15)2/h5-9,17,21H,4H2,1-3H3. The van der Waals surface area contributed by atoms with Gasteiger partial charge in [0.15, 0.2) is 0 Å². The van der Waals surface area contributed by atoms with Gasteiger partial charge in [-0.25, -0.2) is 4.39 Å². The summed E-state index contributed by atoms with van der Waals surface area (Å²) >= 11 is 6.93. The second-order valence-electron chi connectivity index (χ2n) is 5.15. The lowest BCUT2D eigenvalue weighted by atomic mass is 9.93. The first-order valence-electron chi connectivity index (χ1n) is 6.88. The van der Waals surface area contributed by atoms with Crippen LogP contribution in [0.4, 0.5) is 4.39 Å². The van der Waals surface area contributed by atoms with Crippen molar-refractivity contribution in [2.24, 2.45) is 0 Å². The van der Waals surface area contributed by atoms with Crippen LogP contribution in [0.15, 0.2) is 39.3 Å². The van der Waals surface area contributed by atoms with Crippen molar-refractivity contribution in [1.29, 1.82) is 0 Å². The van der Waals surface area contributed by atoms with Crippen LogP contribution in [0.1, 0.15) is 35.2 Å². The van der Waals surface area contributed by atoms with Gasteiger partial charge in [0.2, 0.25) is 0 Å². The van der Waals surface area contributed by atoms with E-state index >= 15 is 0 Å². The lowest BCUT2D eigenvalue weighted by Gasteiger charge is -2.22. The maximum atomic E-state index is 13.7. The number of aryl methyl sites for hydroxylation is 2. The molecule has 0 aliphatic rings. The summed E-state index contributed by atoms with van der Waals surface area (Å²) in [4.78, 5) is 0. The van der Waals surface area contributed by atoms with E-state index in [4.69, 9.17) is 0 Å². The lowest BCUT2D eigenvalue weighted by Crippen LogP contribution is -2.23. The minimum Gasteiger partial charge on any atom is -0.307 e. The molecule has 1 unspecified atom stereocenters. The maximum Gasteiger partial charge on any atom is 0.124 e. The monoisotopic (exact) mass is 413 g/mol. The van der Waals surface area contributed by atoms with Crippen molar-refractivity contribution in [3.63, 3.8) is 0 Å². The van der Waals surface area contributed by atoms with Gasteiger partial charge in [0.05, 0.1) is 6.04 Å². The average Bonchev–Trinajstić information content (AvgIpc) is 2.39. The van der Waals surface area contributed by atoms with Crippen molar-refractivity contribution >= 4 is 31.9 Å². The molecular weight excluding hydrogens is 397 g/mol. The molecule has 0 aromatic heterocycles. The highest BCUT2D eigenvalue weighted by Gasteiger charge is 2.17. The fourth-order valence-electron chi connectivity index (χ4n) is 2.47. The average molecular weight is 415 g/mol. The fraction of sp³-hybridized carbons (Fsp3) is 0.294. The molecule has 4 heteroatoms. The Kier molecular flexibility index (Phi) is 5.58. The number of benzene rings is 2. The molecule has 2 rings (SSSR count). The van der Waals surface area contributed by atoms with Crippen molar-refractivity contribution < 1.29 is 4.39 Å². The molecule has 0 amide bonds. The molecule has 0 saturated heterocycles. The molecule has 1 N–H and O–H groups in total. The van der Waals surface area contributed by atoms with E-state index in [1.165, 1.54) is 22.8 Å². The SMILES string of the molecule is CCNC(c1cc(F)cc(Br)c1)c1cc(C)c(Br)cc1C. The molecule has 0 radical (unpaired) electrons. The zero-order valence-corrected chi connectivity index (χ0v) is 15.5. The molecule has 112 valence electrons. The summed E-state index contributed by atoms with van der Waals surface area (Å²) in [5.74, 6) is -0.228. The highest BCUT2D eigenvalue weighted by atomic mass is 79.9. The molecule has 0 heterocycles. The minimum absolute atomic E-state index is 0.0196. The van der Waals surface area contributed by atoms with Crippen molar-refractivity contribution in [3.8, 4) is 0 Å². The lowest BCUT2D eigenvalue weighted by molar-refractivity contribution is 0.600. The van der Waals surface area contributed by atoms with Crippen molar-refractivity contribution in [1.82, 2.24) is 5.32 Å². The Morgan fingerprint density at radius 1 is 1.05 bits per heavy atom.